The molecule has 1 aliphatic rings. The zero-order valence-corrected chi connectivity index (χ0v) is 10.6. The molecule has 0 bridgehead atoms. The number of H-pyrrole nitrogens is 1. The van der Waals surface area contributed by atoms with Crippen LogP contribution in [0.5, 0.6) is 5.75 Å². The first-order valence-electron chi connectivity index (χ1n) is 6.33. The minimum atomic E-state index is -0.352. The molecule has 1 aromatic heterocycles. The van der Waals surface area contributed by atoms with Gasteiger partial charge >= 0.3 is 0 Å². The Kier molecular flexibility index (Phi) is 3.32. The van der Waals surface area contributed by atoms with Gasteiger partial charge in [0.15, 0.2) is 5.69 Å². The predicted octanol–water partition coefficient (Wildman–Crippen LogP) is 1.59. The van der Waals surface area contributed by atoms with Crippen molar-refractivity contribution in [1.82, 2.24) is 20.7 Å². The van der Waals surface area contributed by atoms with E-state index in [1.165, 1.54) is 18.3 Å². The van der Waals surface area contributed by atoms with E-state index in [-0.39, 0.29) is 23.5 Å². The van der Waals surface area contributed by atoms with Gasteiger partial charge in [0, 0.05) is 5.56 Å². The Morgan fingerprint density at radius 1 is 1.50 bits per heavy atom. The van der Waals surface area contributed by atoms with Crippen molar-refractivity contribution < 1.29 is 13.9 Å². The number of benzene rings is 1. The summed E-state index contributed by atoms with van der Waals surface area (Å²) < 4.78 is 19.0. The first-order chi connectivity index (χ1) is 9.74. The van der Waals surface area contributed by atoms with Gasteiger partial charge in [0.25, 0.3) is 5.91 Å². The van der Waals surface area contributed by atoms with Crippen LogP contribution in [0.1, 0.15) is 34.9 Å². The van der Waals surface area contributed by atoms with Crippen molar-refractivity contribution in [1.29, 1.82) is 0 Å². The molecular weight excluding hydrogens is 263 g/mol. The van der Waals surface area contributed by atoms with Crippen LogP contribution in [0.25, 0.3) is 0 Å². The van der Waals surface area contributed by atoms with E-state index in [9.17, 15) is 9.18 Å². The van der Waals surface area contributed by atoms with Crippen LogP contribution >= 0.6 is 0 Å². The highest BCUT2D eigenvalue weighted by atomic mass is 19.1. The molecule has 1 aromatic carbocycles. The average molecular weight is 276 g/mol. The molecule has 20 heavy (non-hydrogen) atoms. The monoisotopic (exact) mass is 276 g/mol. The lowest BCUT2D eigenvalue weighted by Crippen LogP contribution is -2.28. The normalized spacial score (nSPS) is 17.8. The van der Waals surface area contributed by atoms with E-state index in [0.717, 1.165) is 6.42 Å². The van der Waals surface area contributed by atoms with E-state index in [0.29, 0.717) is 24.3 Å². The summed E-state index contributed by atoms with van der Waals surface area (Å²) in [7, 11) is 0. The average Bonchev–Trinajstić information content (AvgIpc) is 2.91. The lowest BCUT2D eigenvalue weighted by molar-refractivity contribution is 0.0929. The minimum absolute atomic E-state index is 0.202. The summed E-state index contributed by atoms with van der Waals surface area (Å²) in [5.74, 6) is -0.0925. The van der Waals surface area contributed by atoms with E-state index in [4.69, 9.17) is 4.74 Å². The summed E-state index contributed by atoms with van der Waals surface area (Å²) >= 11 is 0. The molecule has 6 nitrogen and oxygen atoms in total. The number of nitrogens with one attached hydrogen (secondary N) is 2. The number of aromatic nitrogens is 3. The van der Waals surface area contributed by atoms with Gasteiger partial charge in [-0.25, -0.2) is 4.39 Å². The number of fused-ring (bicyclic) bond motifs is 1. The van der Waals surface area contributed by atoms with Crippen molar-refractivity contribution in [2.45, 2.75) is 18.9 Å². The molecule has 0 fully saturated rings. The van der Waals surface area contributed by atoms with Gasteiger partial charge < -0.3 is 10.1 Å². The quantitative estimate of drug-likeness (QED) is 0.873. The van der Waals surface area contributed by atoms with Crippen LogP contribution in [0.3, 0.4) is 0 Å². The third-order valence-electron chi connectivity index (χ3n) is 3.19. The van der Waals surface area contributed by atoms with E-state index in [1.54, 1.807) is 6.07 Å². The number of nitrogens with zero attached hydrogens (tertiary/aromatic N) is 2. The summed E-state index contributed by atoms with van der Waals surface area (Å²) in [6.45, 7) is 0.551. The third kappa shape index (κ3) is 2.47. The summed E-state index contributed by atoms with van der Waals surface area (Å²) in [5.41, 5.74) is 0.854. The van der Waals surface area contributed by atoms with Gasteiger partial charge in [-0.2, -0.15) is 15.4 Å². The molecule has 0 saturated heterocycles. The summed E-state index contributed by atoms with van der Waals surface area (Å²) in [5, 5.41) is 12.5. The Morgan fingerprint density at radius 3 is 3.20 bits per heavy atom. The highest BCUT2D eigenvalue weighted by molar-refractivity contribution is 5.92. The molecule has 1 aliphatic heterocycles. The molecule has 0 aliphatic carbocycles. The number of aromatic amines is 1. The van der Waals surface area contributed by atoms with Gasteiger partial charge in [0.1, 0.15) is 11.6 Å². The lowest BCUT2D eigenvalue weighted by atomic mass is 10.0. The molecule has 0 radical (unpaired) electrons. The predicted molar refractivity (Wildman–Crippen MR) is 67.7 cm³/mol. The lowest BCUT2D eigenvalue weighted by Gasteiger charge is -2.17. The number of rotatable bonds is 2. The van der Waals surface area contributed by atoms with Crippen molar-refractivity contribution in [2.75, 3.05) is 6.61 Å². The van der Waals surface area contributed by atoms with Crippen LogP contribution < -0.4 is 10.1 Å². The van der Waals surface area contributed by atoms with Gasteiger partial charge in [0.2, 0.25) is 0 Å². The molecule has 0 saturated carbocycles. The van der Waals surface area contributed by atoms with Crippen LogP contribution in [0.4, 0.5) is 4.39 Å². The number of carbonyl (C=O) groups excluding carboxylic acids is 1. The largest absolute Gasteiger partial charge is 0.493 e. The number of hydrogen-bond acceptors (Lipinski definition) is 4. The number of ether oxygens (including phenoxy) is 1. The fourth-order valence-electron chi connectivity index (χ4n) is 2.24. The molecule has 0 spiro atoms. The van der Waals surface area contributed by atoms with Crippen molar-refractivity contribution >= 4 is 5.91 Å². The molecule has 2 N–H and O–H groups in total. The molecule has 2 aromatic rings. The summed E-state index contributed by atoms with van der Waals surface area (Å²) in [6, 6.07) is 4.03. The van der Waals surface area contributed by atoms with Crippen LogP contribution in [-0.2, 0) is 0 Å². The molecular formula is C13H13FN4O2. The van der Waals surface area contributed by atoms with Crippen molar-refractivity contribution in [2.24, 2.45) is 0 Å². The van der Waals surface area contributed by atoms with Crippen LogP contribution in [-0.4, -0.2) is 27.9 Å². The Morgan fingerprint density at radius 2 is 2.40 bits per heavy atom. The van der Waals surface area contributed by atoms with Gasteiger partial charge in [0.05, 0.1) is 18.8 Å². The molecule has 0 unspecified atom stereocenters. The molecule has 1 amide bonds. The second-order valence-electron chi connectivity index (χ2n) is 4.55. The highest BCUT2D eigenvalue weighted by Crippen LogP contribution is 2.32. The fraction of sp³-hybridized carbons (Fsp3) is 0.308. The maximum atomic E-state index is 13.4. The molecule has 2 heterocycles. The molecule has 7 heteroatoms. The Bertz CT molecular complexity index is 615. The van der Waals surface area contributed by atoms with Gasteiger partial charge in [-0.05, 0) is 31.0 Å². The van der Waals surface area contributed by atoms with Crippen molar-refractivity contribution in [3.8, 4) is 5.75 Å². The number of halogens is 1. The number of amides is 1. The minimum Gasteiger partial charge on any atom is -0.493 e. The fourth-order valence-corrected chi connectivity index (χ4v) is 2.24. The van der Waals surface area contributed by atoms with E-state index >= 15 is 0 Å². The SMILES string of the molecule is O=C(N[C@@H]1CCCOc2ccc(F)cc21)c1cn[nH]n1. The number of carbonyl (C=O) groups is 1. The maximum Gasteiger partial charge on any atom is 0.273 e. The molecule has 3 rings (SSSR count). The highest BCUT2D eigenvalue weighted by Gasteiger charge is 2.23. The maximum absolute atomic E-state index is 13.4. The van der Waals surface area contributed by atoms with E-state index < -0.39 is 0 Å². The van der Waals surface area contributed by atoms with Crippen molar-refractivity contribution in [3.05, 3.63) is 41.5 Å². The Labute approximate surface area is 114 Å². The topological polar surface area (TPSA) is 79.9 Å². The number of hydrogen-bond donors (Lipinski definition) is 2. The standard InChI is InChI=1S/C13H13FN4O2/c14-8-3-4-12-9(6-8)10(2-1-5-20-12)16-13(19)11-7-15-18-17-11/h3-4,6-7,10H,1-2,5H2,(H,16,19)(H,15,17,18)/t10-/m1/s1. The van der Waals surface area contributed by atoms with Gasteiger partial charge in [-0.15, -0.1) is 0 Å². The Hall–Kier alpha value is -2.44. The zero-order chi connectivity index (χ0) is 13.9. The Balaban J connectivity index is 1.86. The summed E-state index contributed by atoms with van der Waals surface area (Å²) in [4.78, 5) is 12.0. The molecule has 1 atom stereocenters. The zero-order valence-electron chi connectivity index (χ0n) is 10.6. The van der Waals surface area contributed by atoms with Crippen LogP contribution in [0.15, 0.2) is 24.4 Å². The van der Waals surface area contributed by atoms with Crippen molar-refractivity contribution in [3.63, 3.8) is 0 Å². The third-order valence-corrected chi connectivity index (χ3v) is 3.19. The van der Waals surface area contributed by atoms with E-state index in [2.05, 4.69) is 20.7 Å². The second-order valence-corrected chi connectivity index (χ2v) is 4.55. The summed E-state index contributed by atoms with van der Waals surface area (Å²) in [6.07, 6.45) is 2.80. The molecule has 104 valence electrons. The first kappa shape index (κ1) is 12.6. The van der Waals surface area contributed by atoms with Gasteiger partial charge in [-0.3, -0.25) is 4.79 Å². The second kappa shape index (κ2) is 5.28. The first-order valence-corrected chi connectivity index (χ1v) is 6.33. The smallest absolute Gasteiger partial charge is 0.273 e. The van der Waals surface area contributed by atoms with Gasteiger partial charge in [-0.1, -0.05) is 0 Å². The van der Waals surface area contributed by atoms with Crippen LogP contribution in [0, 0.1) is 5.82 Å². The van der Waals surface area contributed by atoms with Crippen LogP contribution in [0.2, 0.25) is 0 Å². The van der Waals surface area contributed by atoms with E-state index in [1.807, 2.05) is 0 Å².